The quantitative estimate of drug-likeness (QED) is 0.673. The van der Waals surface area contributed by atoms with Crippen LogP contribution in [0.3, 0.4) is 0 Å². The number of carbonyl (C=O) groups is 2. The van der Waals surface area contributed by atoms with E-state index in [1.54, 1.807) is 29.5 Å². The minimum atomic E-state index is -0.143. The Bertz CT molecular complexity index is 800. The Morgan fingerprint density at radius 3 is 2.89 bits per heavy atom. The molecule has 27 heavy (non-hydrogen) atoms. The molecule has 1 aromatic carbocycles. The lowest BCUT2D eigenvalue weighted by Crippen LogP contribution is -2.25. The van der Waals surface area contributed by atoms with E-state index in [1.807, 2.05) is 18.4 Å². The van der Waals surface area contributed by atoms with E-state index in [0.717, 1.165) is 31.2 Å². The van der Waals surface area contributed by atoms with Gasteiger partial charge in [0.1, 0.15) is 0 Å². The molecule has 2 amide bonds. The molecule has 0 spiro atoms. The Morgan fingerprint density at radius 1 is 1.19 bits per heavy atom. The fourth-order valence-electron chi connectivity index (χ4n) is 3.24. The van der Waals surface area contributed by atoms with Gasteiger partial charge in [-0.15, -0.1) is 11.3 Å². The SMILES string of the molecule is CCOCCCNC(=O)c1cccc(NC(=O)c2csc3c2CCCC3)c1. The summed E-state index contributed by atoms with van der Waals surface area (Å²) in [7, 11) is 0. The average Bonchev–Trinajstić information content (AvgIpc) is 3.12. The van der Waals surface area contributed by atoms with Crippen molar-refractivity contribution in [3.8, 4) is 0 Å². The zero-order valence-corrected chi connectivity index (χ0v) is 16.5. The summed E-state index contributed by atoms with van der Waals surface area (Å²) < 4.78 is 5.26. The van der Waals surface area contributed by atoms with Gasteiger partial charge in [-0.2, -0.15) is 0 Å². The molecule has 2 N–H and O–H groups in total. The maximum Gasteiger partial charge on any atom is 0.256 e. The standard InChI is InChI=1S/C21H26N2O3S/c1-2-26-12-6-11-22-20(24)15-7-5-8-16(13-15)23-21(25)18-14-27-19-10-4-3-9-17(18)19/h5,7-8,13-14H,2-4,6,9-12H2,1H3,(H,22,24)(H,23,25). The molecule has 5 nitrogen and oxygen atoms in total. The second kappa shape index (κ2) is 9.67. The number of aryl methyl sites for hydroxylation is 1. The van der Waals surface area contributed by atoms with Gasteiger partial charge in [0.05, 0.1) is 5.56 Å². The highest BCUT2D eigenvalue weighted by atomic mass is 32.1. The molecule has 1 aromatic heterocycles. The van der Waals surface area contributed by atoms with E-state index in [-0.39, 0.29) is 11.8 Å². The van der Waals surface area contributed by atoms with Gasteiger partial charge in [0, 0.05) is 41.3 Å². The van der Waals surface area contributed by atoms with E-state index in [0.29, 0.717) is 31.0 Å². The van der Waals surface area contributed by atoms with Gasteiger partial charge in [-0.05, 0) is 62.8 Å². The normalized spacial score (nSPS) is 13.1. The summed E-state index contributed by atoms with van der Waals surface area (Å²) in [5.41, 5.74) is 3.15. The van der Waals surface area contributed by atoms with Gasteiger partial charge >= 0.3 is 0 Å². The van der Waals surface area contributed by atoms with Crippen molar-refractivity contribution in [2.75, 3.05) is 25.1 Å². The van der Waals surface area contributed by atoms with Crippen molar-refractivity contribution in [1.82, 2.24) is 5.32 Å². The van der Waals surface area contributed by atoms with Crippen LogP contribution in [0.15, 0.2) is 29.6 Å². The van der Waals surface area contributed by atoms with Gasteiger partial charge in [-0.25, -0.2) is 0 Å². The van der Waals surface area contributed by atoms with Crippen LogP contribution in [0, 0.1) is 0 Å². The van der Waals surface area contributed by atoms with Gasteiger partial charge in [-0.1, -0.05) is 6.07 Å². The predicted molar refractivity (Wildman–Crippen MR) is 109 cm³/mol. The number of ether oxygens (including phenoxy) is 1. The van der Waals surface area contributed by atoms with Crippen LogP contribution in [0.25, 0.3) is 0 Å². The molecule has 0 unspecified atom stereocenters. The molecule has 0 aliphatic heterocycles. The maximum atomic E-state index is 12.7. The van der Waals surface area contributed by atoms with Crippen LogP contribution >= 0.6 is 11.3 Å². The van der Waals surface area contributed by atoms with E-state index < -0.39 is 0 Å². The molecule has 1 heterocycles. The summed E-state index contributed by atoms with van der Waals surface area (Å²) in [4.78, 5) is 26.3. The Morgan fingerprint density at radius 2 is 2.04 bits per heavy atom. The number of hydrogen-bond acceptors (Lipinski definition) is 4. The average molecular weight is 387 g/mol. The highest BCUT2D eigenvalue weighted by molar-refractivity contribution is 7.10. The van der Waals surface area contributed by atoms with Crippen LogP contribution in [0.1, 0.15) is 57.3 Å². The molecule has 144 valence electrons. The Labute approximate surface area is 164 Å². The molecular weight excluding hydrogens is 360 g/mol. The molecule has 6 heteroatoms. The fraction of sp³-hybridized carbons (Fsp3) is 0.429. The van der Waals surface area contributed by atoms with E-state index in [4.69, 9.17) is 4.74 Å². The van der Waals surface area contributed by atoms with Gasteiger partial charge in [0.2, 0.25) is 0 Å². The molecule has 0 fully saturated rings. The predicted octanol–water partition coefficient (Wildman–Crippen LogP) is 4.04. The fourth-order valence-corrected chi connectivity index (χ4v) is 4.37. The number of anilines is 1. The van der Waals surface area contributed by atoms with Gasteiger partial charge in [-0.3, -0.25) is 9.59 Å². The Balaban J connectivity index is 1.59. The van der Waals surface area contributed by atoms with Crippen molar-refractivity contribution in [2.24, 2.45) is 0 Å². The largest absolute Gasteiger partial charge is 0.382 e. The molecule has 1 aliphatic carbocycles. The lowest BCUT2D eigenvalue weighted by Gasteiger charge is -2.13. The van der Waals surface area contributed by atoms with Crippen molar-refractivity contribution in [1.29, 1.82) is 0 Å². The maximum absolute atomic E-state index is 12.7. The Kier molecular flexibility index (Phi) is 7.01. The Hall–Kier alpha value is -2.18. The molecule has 0 bridgehead atoms. The number of rotatable bonds is 8. The van der Waals surface area contributed by atoms with Crippen LogP contribution in [-0.2, 0) is 17.6 Å². The molecular formula is C21H26N2O3S. The second-order valence-corrected chi connectivity index (χ2v) is 7.56. The van der Waals surface area contributed by atoms with Crippen molar-refractivity contribution in [2.45, 2.75) is 39.0 Å². The van der Waals surface area contributed by atoms with Gasteiger partial charge in [0.25, 0.3) is 11.8 Å². The molecule has 0 atom stereocenters. The highest BCUT2D eigenvalue weighted by Gasteiger charge is 2.20. The number of amides is 2. The summed E-state index contributed by atoms with van der Waals surface area (Å²) in [6.45, 7) is 3.83. The number of carbonyl (C=O) groups excluding carboxylic acids is 2. The van der Waals surface area contributed by atoms with Crippen LogP contribution in [0.2, 0.25) is 0 Å². The van der Waals surface area contributed by atoms with Gasteiger partial charge < -0.3 is 15.4 Å². The first kappa shape index (κ1) is 19.6. The monoisotopic (exact) mass is 386 g/mol. The second-order valence-electron chi connectivity index (χ2n) is 6.60. The van der Waals surface area contributed by atoms with E-state index in [9.17, 15) is 9.59 Å². The van der Waals surface area contributed by atoms with Crippen molar-refractivity contribution in [3.05, 3.63) is 51.2 Å². The third-order valence-electron chi connectivity index (χ3n) is 4.64. The summed E-state index contributed by atoms with van der Waals surface area (Å²) in [5.74, 6) is -0.237. The number of hydrogen-bond donors (Lipinski definition) is 2. The number of thiophene rings is 1. The molecule has 0 radical (unpaired) electrons. The third kappa shape index (κ3) is 5.17. The minimum absolute atomic E-state index is 0.0938. The number of nitrogens with one attached hydrogen (secondary N) is 2. The smallest absolute Gasteiger partial charge is 0.256 e. The van der Waals surface area contributed by atoms with Crippen LogP contribution in [0.4, 0.5) is 5.69 Å². The number of benzene rings is 1. The lowest BCUT2D eigenvalue weighted by atomic mass is 9.95. The van der Waals surface area contributed by atoms with Gasteiger partial charge in [0.15, 0.2) is 0 Å². The molecule has 0 saturated carbocycles. The topological polar surface area (TPSA) is 67.4 Å². The van der Waals surface area contributed by atoms with Crippen LogP contribution < -0.4 is 10.6 Å². The van der Waals surface area contributed by atoms with E-state index >= 15 is 0 Å². The zero-order chi connectivity index (χ0) is 19.1. The minimum Gasteiger partial charge on any atom is -0.382 e. The highest BCUT2D eigenvalue weighted by Crippen LogP contribution is 2.30. The molecule has 3 rings (SSSR count). The summed E-state index contributed by atoms with van der Waals surface area (Å²) in [5, 5.41) is 7.78. The van der Waals surface area contributed by atoms with E-state index in [1.165, 1.54) is 16.9 Å². The summed E-state index contributed by atoms with van der Waals surface area (Å²) in [6.07, 6.45) is 5.18. The molecule has 0 saturated heterocycles. The van der Waals surface area contributed by atoms with Crippen molar-refractivity contribution in [3.63, 3.8) is 0 Å². The van der Waals surface area contributed by atoms with Crippen LogP contribution in [0.5, 0.6) is 0 Å². The van der Waals surface area contributed by atoms with Crippen molar-refractivity contribution >= 4 is 28.8 Å². The van der Waals surface area contributed by atoms with E-state index in [2.05, 4.69) is 10.6 Å². The molecule has 1 aliphatic rings. The number of fused-ring (bicyclic) bond motifs is 1. The van der Waals surface area contributed by atoms with Crippen LogP contribution in [-0.4, -0.2) is 31.6 Å². The lowest BCUT2D eigenvalue weighted by molar-refractivity contribution is 0.0943. The molecule has 2 aromatic rings. The van der Waals surface area contributed by atoms with Crippen molar-refractivity contribution < 1.29 is 14.3 Å². The zero-order valence-electron chi connectivity index (χ0n) is 15.7. The summed E-state index contributed by atoms with van der Waals surface area (Å²) in [6, 6.07) is 7.06. The third-order valence-corrected chi connectivity index (χ3v) is 5.73. The summed E-state index contributed by atoms with van der Waals surface area (Å²) >= 11 is 1.68. The first-order chi connectivity index (χ1) is 13.2. The first-order valence-corrected chi connectivity index (χ1v) is 10.4. The first-order valence-electron chi connectivity index (χ1n) is 9.55.